The van der Waals surface area contributed by atoms with Gasteiger partial charge in [-0.15, -0.1) is 11.6 Å². The highest BCUT2D eigenvalue weighted by molar-refractivity contribution is 7.90. The third-order valence-electron chi connectivity index (χ3n) is 2.33. The number of aryl methyl sites for hydroxylation is 1. The first-order valence-electron chi connectivity index (χ1n) is 5.09. The number of halogens is 1. The van der Waals surface area contributed by atoms with E-state index in [4.69, 9.17) is 11.6 Å². The van der Waals surface area contributed by atoms with Crippen LogP contribution in [0.1, 0.15) is 18.1 Å². The summed E-state index contributed by atoms with van der Waals surface area (Å²) >= 11 is 5.43. The number of rotatable bonds is 5. The fourth-order valence-corrected chi connectivity index (χ4v) is 2.78. The Hall–Kier alpha value is -0.580. The van der Waals surface area contributed by atoms with E-state index in [-0.39, 0.29) is 5.21 Å². The SMILES string of the molecule is CCN(Cc1cccc(C)c1)S(=O)(=O)CCl. The lowest BCUT2D eigenvalue weighted by Gasteiger charge is -2.19. The van der Waals surface area contributed by atoms with Gasteiger partial charge < -0.3 is 0 Å². The molecule has 0 spiro atoms. The Morgan fingerprint density at radius 1 is 1.38 bits per heavy atom. The average molecular weight is 262 g/mol. The lowest BCUT2D eigenvalue weighted by Crippen LogP contribution is -2.31. The van der Waals surface area contributed by atoms with Crippen LogP contribution in [0.4, 0.5) is 0 Å². The van der Waals surface area contributed by atoms with E-state index in [1.54, 1.807) is 6.92 Å². The van der Waals surface area contributed by atoms with Crippen LogP contribution in [0.5, 0.6) is 0 Å². The lowest BCUT2D eigenvalue weighted by atomic mass is 10.1. The Labute approximate surface area is 102 Å². The first kappa shape index (κ1) is 13.5. The van der Waals surface area contributed by atoms with Gasteiger partial charge in [-0.1, -0.05) is 36.8 Å². The second-order valence-electron chi connectivity index (χ2n) is 3.64. The molecule has 0 saturated heterocycles. The highest BCUT2D eigenvalue weighted by Crippen LogP contribution is 2.12. The Morgan fingerprint density at radius 3 is 2.56 bits per heavy atom. The molecule has 0 bridgehead atoms. The van der Waals surface area contributed by atoms with Crippen LogP contribution in [0, 0.1) is 6.92 Å². The van der Waals surface area contributed by atoms with Gasteiger partial charge in [-0.2, -0.15) is 4.31 Å². The van der Waals surface area contributed by atoms with Crippen molar-refractivity contribution < 1.29 is 8.42 Å². The standard InChI is InChI=1S/C11H16ClNO2S/c1-3-13(16(14,15)9-12)8-11-6-4-5-10(2)7-11/h4-7H,3,8-9H2,1-2H3. The van der Waals surface area contributed by atoms with E-state index in [1.807, 2.05) is 31.2 Å². The number of sulfonamides is 1. The number of benzene rings is 1. The van der Waals surface area contributed by atoms with Crippen LogP contribution in [-0.2, 0) is 16.6 Å². The molecule has 0 aliphatic heterocycles. The molecule has 0 aliphatic carbocycles. The molecule has 0 fully saturated rings. The second kappa shape index (κ2) is 5.66. The summed E-state index contributed by atoms with van der Waals surface area (Å²) in [6.45, 7) is 4.60. The molecule has 0 unspecified atom stereocenters. The second-order valence-corrected chi connectivity index (χ2v) is 6.19. The van der Waals surface area contributed by atoms with Crippen LogP contribution in [0.25, 0.3) is 0 Å². The highest BCUT2D eigenvalue weighted by atomic mass is 35.5. The summed E-state index contributed by atoms with van der Waals surface area (Å²) in [6, 6.07) is 7.80. The first-order valence-corrected chi connectivity index (χ1v) is 7.23. The van der Waals surface area contributed by atoms with Crippen molar-refractivity contribution in [1.82, 2.24) is 4.31 Å². The van der Waals surface area contributed by atoms with Crippen molar-refractivity contribution in [2.45, 2.75) is 20.4 Å². The molecule has 0 aromatic heterocycles. The zero-order chi connectivity index (χ0) is 12.2. The van der Waals surface area contributed by atoms with Gasteiger partial charge in [-0.05, 0) is 12.5 Å². The van der Waals surface area contributed by atoms with E-state index in [2.05, 4.69) is 0 Å². The Bertz CT molecular complexity index is 445. The third kappa shape index (κ3) is 3.47. The summed E-state index contributed by atoms with van der Waals surface area (Å²) in [5, 5.41) is -0.368. The first-order chi connectivity index (χ1) is 7.49. The van der Waals surface area contributed by atoms with Crippen molar-refractivity contribution in [2.75, 3.05) is 11.8 Å². The molecule has 0 aliphatic rings. The topological polar surface area (TPSA) is 37.4 Å². The number of alkyl halides is 1. The van der Waals surface area contributed by atoms with E-state index in [1.165, 1.54) is 4.31 Å². The Morgan fingerprint density at radius 2 is 2.06 bits per heavy atom. The van der Waals surface area contributed by atoms with E-state index >= 15 is 0 Å². The number of nitrogens with zero attached hydrogens (tertiary/aromatic N) is 1. The van der Waals surface area contributed by atoms with Gasteiger partial charge in [0, 0.05) is 13.1 Å². The molecule has 0 amide bonds. The minimum Gasteiger partial charge on any atom is -0.211 e. The molecule has 5 heteroatoms. The van der Waals surface area contributed by atoms with Crippen LogP contribution >= 0.6 is 11.6 Å². The Balaban J connectivity index is 2.87. The minimum atomic E-state index is -3.32. The highest BCUT2D eigenvalue weighted by Gasteiger charge is 2.18. The molecular weight excluding hydrogens is 246 g/mol. The van der Waals surface area contributed by atoms with Gasteiger partial charge in [0.15, 0.2) is 0 Å². The van der Waals surface area contributed by atoms with Gasteiger partial charge in [0.05, 0.1) is 0 Å². The summed E-state index contributed by atoms with van der Waals surface area (Å²) in [7, 11) is -3.32. The average Bonchev–Trinajstić information content (AvgIpc) is 2.25. The smallest absolute Gasteiger partial charge is 0.211 e. The van der Waals surface area contributed by atoms with Crippen LogP contribution in [0.2, 0.25) is 0 Å². The van der Waals surface area contributed by atoms with E-state index in [0.717, 1.165) is 11.1 Å². The predicted molar refractivity (Wildman–Crippen MR) is 66.9 cm³/mol. The molecule has 0 N–H and O–H groups in total. The van der Waals surface area contributed by atoms with Gasteiger partial charge in [0.1, 0.15) is 5.21 Å². The molecule has 0 radical (unpaired) electrons. The molecule has 16 heavy (non-hydrogen) atoms. The minimum absolute atomic E-state index is 0.368. The third-order valence-corrected chi connectivity index (χ3v) is 4.60. The molecule has 3 nitrogen and oxygen atoms in total. The molecule has 0 saturated carbocycles. The molecule has 0 atom stereocenters. The van der Waals surface area contributed by atoms with Crippen LogP contribution < -0.4 is 0 Å². The van der Waals surface area contributed by atoms with Gasteiger partial charge in [0.25, 0.3) is 0 Å². The Kier molecular flexibility index (Phi) is 4.77. The zero-order valence-corrected chi connectivity index (χ0v) is 11.1. The quantitative estimate of drug-likeness (QED) is 0.763. The normalized spacial score (nSPS) is 12.0. The van der Waals surface area contributed by atoms with Gasteiger partial charge >= 0.3 is 0 Å². The molecule has 90 valence electrons. The van der Waals surface area contributed by atoms with Crippen LogP contribution in [0.15, 0.2) is 24.3 Å². The van der Waals surface area contributed by atoms with Crippen molar-refractivity contribution in [3.63, 3.8) is 0 Å². The van der Waals surface area contributed by atoms with E-state index in [9.17, 15) is 8.42 Å². The number of hydrogen-bond acceptors (Lipinski definition) is 2. The monoisotopic (exact) mass is 261 g/mol. The molecule has 1 aromatic rings. The fourth-order valence-electron chi connectivity index (χ4n) is 1.49. The molecule has 1 rings (SSSR count). The maximum absolute atomic E-state index is 11.6. The zero-order valence-electron chi connectivity index (χ0n) is 9.48. The lowest BCUT2D eigenvalue weighted by molar-refractivity contribution is 0.426. The van der Waals surface area contributed by atoms with Crippen molar-refractivity contribution in [1.29, 1.82) is 0 Å². The summed E-state index contributed by atoms with van der Waals surface area (Å²) < 4.78 is 24.6. The van der Waals surface area contributed by atoms with Gasteiger partial charge in [-0.3, -0.25) is 0 Å². The predicted octanol–water partition coefficient (Wildman–Crippen LogP) is 2.34. The molecule has 0 heterocycles. The van der Waals surface area contributed by atoms with Crippen LogP contribution in [-0.4, -0.2) is 24.5 Å². The van der Waals surface area contributed by atoms with Crippen molar-refractivity contribution in [2.24, 2.45) is 0 Å². The maximum Gasteiger partial charge on any atom is 0.228 e. The van der Waals surface area contributed by atoms with Crippen LogP contribution in [0.3, 0.4) is 0 Å². The number of hydrogen-bond donors (Lipinski definition) is 0. The summed E-state index contributed by atoms with van der Waals surface area (Å²) in [5.41, 5.74) is 2.10. The van der Waals surface area contributed by atoms with E-state index < -0.39 is 10.0 Å². The summed E-state index contributed by atoms with van der Waals surface area (Å²) in [5.74, 6) is 0. The largest absolute Gasteiger partial charge is 0.228 e. The van der Waals surface area contributed by atoms with E-state index in [0.29, 0.717) is 13.1 Å². The van der Waals surface area contributed by atoms with Crippen molar-refractivity contribution in [3.8, 4) is 0 Å². The summed E-state index contributed by atoms with van der Waals surface area (Å²) in [4.78, 5) is 0. The summed E-state index contributed by atoms with van der Waals surface area (Å²) in [6.07, 6.45) is 0. The van der Waals surface area contributed by atoms with Gasteiger partial charge in [-0.25, -0.2) is 8.42 Å². The molecular formula is C11H16ClNO2S. The van der Waals surface area contributed by atoms with Crippen molar-refractivity contribution in [3.05, 3.63) is 35.4 Å². The van der Waals surface area contributed by atoms with Crippen molar-refractivity contribution >= 4 is 21.6 Å². The van der Waals surface area contributed by atoms with Gasteiger partial charge in [0.2, 0.25) is 10.0 Å². The maximum atomic E-state index is 11.6. The fraction of sp³-hybridized carbons (Fsp3) is 0.455. The molecule has 1 aromatic carbocycles.